The highest BCUT2D eigenvalue weighted by molar-refractivity contribution is 6.19. The fourth-order valence-electron chi connectivity index (χ4n) is 1.51. The number of esters is 1. The highest BCUT2D eigenvalue weighted by Gasteiger charge is 2.26. The number of hydrogen-bond donors (Lipinski definition) is 1. The summed E-state index contributed by atoms with van der Waals surface area (Å²) in [6, 6.07) is 7.40. The first-order valence-corrected chi connectivity index (χ1v) is 4.35. The van der Waals surface area contributed by atoms with E-state index in [2.05, 4.69) is 0 Å². The Labute approximate surface area is 81.6 Å². The average molecular weight is 190 g/mol. The van der Waals surface area contributed by atoms with Gasteiger partial charge in [0, 0.05) is 0 Å². The van der Waals surface area contributed by atoms with Gasteiger partial charge in [-0.1, -0.05) is 24.3 Å². The lowest BCUT2D eigenvalue weighted by atomic mass is 10.0. The van der Waals surface area contributed by atoms with Crippen molar-refractivity contribution in [3.05, 3.63) is 41.2 Å². The number of aryl methyl sites for hydroxylation is 1. The number of ether oxygens (including phenoxy) is 1. The minimum Gasteiger partial charge on any atom is -0.508 e. The Bertz CT molecular complexity index is 418. The molecule has 0 fully saturated rings. The van der Waals surface area contributed by atoms with Crippen molar-refractivity contribution < 1.29 is 14.6 Å². The van der Waals surface area contributed by atoms with Crippen molar-refractivity contribution >= 4 is 11.5 Å². The van der Waals surface area contributed by atoms with Crippen LogP contribution in [0.4, 0.5) is 0 Å². The van der Waals surface area contributed by atoms with Crippen molar-refractivity contribution in [2.45, 2.75) is 6.92 Å². The van der Waals surface area contributed by atoms with Crippen LogP contribution in [0.2, 0.25) is 0 Å². The lowest BCUT2D eigenvalue weighted by Crippen LogP contribution is -2.00. The number of hydrogen-bond acceptors (Lipinski definition) is 3. The third-order valence-electron chi connectivity index (χ3n) is 2.25. The molecule has 3 heteroatoms. The molecule has 14 heavy (non-hydrogen) atoms. The quantitative estimate of drug-likeness (QED) is 0.687. The average Bonchev–Trinajstić information content (AvgIpc) is 2.48. The van der Waals surface area contributed by atoms with Gasteiger partial charge in [0.1, 0.15) is 17.9 Å². The zero-order valence-corrected chi connectivity index (χ0v) is 7.78. The van der Waals surface area contributed by atoms with Crippen molar-refractivity contribution in [2.24, 2.45) is 0 Å². The van der Waals surface area contributed by atoms with Gasteiger partial charge in [0.05, 0.1) is 0 Å². The molecule has 0 unspecified atom stereocenters. The minimum atomic E-state index is -0.447. The fraction of sp³-hybridized carbons (Fsp3) is 0.182. The Morgan fingerprint density at radius 1 is 1.36 bits per heavy atom. The van der Waals surface area contributed by atoms with E-state index in [-0.39, 0.29) is 12.4 Å². The number of carbonyl (C=O) groups excluding carboxylic acids is 1. The molecule has 1 heterocycles. The van der Waals surface area contributed by atoms with Gasteiger partial charge in [0.25, 0.3) is 0 Å². The first-order chi connectivity index (χ1) is 6.70. The van der Waals surface area contributed by atoms with Gasteiger partial charge >= 0.3 is 5.97 Å². The summed E-state index contributed by atoms with van der Waals surface area (Å²) in [6.07, 6.45) is 0. The maximum atomic E-state index is 11.3. The summed E-state index contributed by atoms with van der Waals surface area (Å²) >= 11 is 0. The predicted molar refractivity (Wildman–Crippen MR) is 51.7 cm³/mol. The van der Waals surface area contributed by atoms with Crippen LogP contribution in [0.25, 0.3) is 5.57 Å². The van der Waals surface area contributed by atoms with E-state index in [1.165, 1.54) is 0 Å². The molecular weight excluding hydrogens is 180 g/mol. The monoisotopic (exact) mass is 190 g/mol. The second-order valence-corrected chi connectivity index (χ2v) is 3.21. The van der Waals surface area contributed by atoms with Gasteiger partial charge in [0.15, 0.2) is 0 Å². The van der Waals surface area contributed by atoms with Crippen molar-refractivity contribution in [1.82, 2.24) is 0 Å². The summed E-state index contributed by atoms with van der Waals surface area (Å²) < 4.78 is 4.72. The van der Waals surface area contributed by atoms with Gasteiger partial charge in [-0.3, -0.25) is 0 Å². The molecule has 0 atom stereocenters. The molecule has 0 saturated carbocycles. The molecule has 2 rings (SSSR count). The molecule has 1 N–H and O–H groups in total. The lowest BCUT2D eigenvalue weighted by molar-refractivity contribution is -0.134. The topological polar surface area (TPSA) is 46.5 Å². The summed E-state index contributed by atoms with van der Waals surface area (Å²) in [6.45, 7) is 1.88. The standard InChI is InChI=1S/C11H10O3/c1-7-4-2-3-5-8(7)10-9(12)6-14-11(10)13/h2-5,12H,6H2,1H3. The van der Waals surface area contributed by atoms with Crippen LogP contribution < -0.4 is 0 Å². The molecule has 72 valence electrons. The number of benzene rings is 1. The Hall–Kier alpha value is -1.77. The van der Waals surface area contributed by atoms with Crippen molar-refractivity contribution in [2.75, 3.05) is 6.61 Å². The van der Waals surface area contributed by atoms with Gasteiger partial charge in [-0.05, 0) is 18.1 Å². The van der Waals surface area contributed by atoms with Gasteiger partial charge in [0.2, 0.25) is 0 Å². The molecule has 0 aliphatic carbocycles. The van der Waals surface area contributed by atoms with Crippen LogP contribution >= 0.6 is 0 Å². The third-order valence-corrected chi connectivity index (χ3v) is 2.25. The number of aliphatic hydroxyl groups is 1. The van der Waals surface area contributed by atoms with Crippen LogP contribution in [0.15, 0.2) is 30.0 Å². The van der Waals surface area contributed by atoms with Crippen LogP contribution in [0.5, 0.6) is 0 Å². The van der Waals surface area contributed by atoms with Crippen LogP contribution in [0.1, 0.15) is 11.1 Å². The van der Waals surface area contributed by atoms with E-state index in [1.54, 1.807) is 6.07 Å². The summed E-state index contributed by atoms with van der Waals surface area (Å²) in [4.78, 5) is 11.3. The Balaban J connectivity index is 2.55. The molecular formula is C11H10O3. The van der Waals surface area contributed by atoms with Gasteiger partial charge in [-0.2, -0.15) is 0 Å². The molecule has 3 nitrogen and oxygen atoms in total. The molecule has 0 saturated heterocycles. The maximum absolute atomic E-state index is 11.3. The van der Waals surface area contributed by atoms with E-state index in [0.29, 0.717) is 5.57 Å². The summed E-state index contributed by atoms with van der Waals surface area (Å²) in [5, 5.41) is 9.47. The second-order valence-electron chi connectivity index (χ2n) is 3.21. The van der Waals surface area contributed by atoms with E-state index in [1.807, 2.05) is 25.1 Å². The molecule has 0 aromatic heterocycles. The molecule has 0 radical (unpaired) electrons. The second kappa shape index (κ2) is 3.18. The number of cyclic esters (lactones) is 1. The molecule has 1 aromatic rings. The largest absolute Gasteiger partial charge is 0.508 e. The van der Waals surface area contributed by atoms with E-state index in [4.69, 9.17) is 4.74 Å². The van der Waals surface area contributed by atoms with E-state index >= 15 is 0 Å². The highest BCUT2D eigenvalue weighted by Crippen LogP contribution is 2.26. The summed E-state index contributed by atoms with van der Waals surface area (Å²) in [5.41, 5.74) is 1.99. The van der Waals surface area contributed by atoms with Gasteiger partial charge < -0.3 is 9.84 Å². The minimum absolute atomic E-state index is 0.0114. The van der Waals surface area contributed by atoms with Gasteiger partial charge in [-0.15, -0.1) is 0 Å². The normalized spacial score (nSPS) is 15.9. The first-order valence-electron chi connectivity index (χ1n) is 4.35. The third kappa shape index (κ3) is 1.27. The molecule has 0 spiro atoms. The molecule has 0 bridgehead atoms. The van der Waals surface area contributed by atoms with Crippen LogP contribution in [-0.4, -0.2) is 17.7 Å². The number of rotatable bonds is 1. The Kier molecular flexibility index (Phi) is 2.00. The van der Waals surface area contributed by atoms with Gasteiger partial charge in [-0.25, -0.2) is 4.79 Å². The highest BCUT2D eigenvalue weighted by atomic mass is 16.5. The zero-order chi connectivity index (χ0) is 10.1. The zero-order valence-electron chi connectivity index (χ0n) is 7.78. The van der Waals surface area contributed by atoms with Crippen molar-refractivity contribution in [1.29, 1.82) is 0 Å². The van der Waals surface area contributed by atoms with Crippen molar-refractivity contribution in [3.8, 4) is 0 Å². The first kappa shape index (κ1) is 8.81. The SMILES string of the molecule is Cc1ccccc1C1=C(O)COC1=O. The van der Waals surface area contributed by atoms with Crippen LogP contribution in [0, 0.1) is 6.92 Å². The predicted octanol–water partition coefficient (Wildman–Crippen LogP) is 1.82. The molecule has 1 aromatic carbocycles. The smallest absolute Gasteiger partial charge is 0.342 e. The lowest BCUT2D eigenvalue weighted by Gasteiger charge is -2.03. The molecule has 0 amide bonds. The summed E-state index contributed by atoms with van der Waals surface area (Å²) in [5.74, 6) is -0.430. The van der Waals surface area contributed by atoms with Crippen molar-refractivity contribution in [3.63, 3.8) is 0 Å². The number of aliphatic hydroxyl groups excluding tert-OH is 1. The van der Waals surface area contributed by atoms with Crippen LogP contribution in [-0.2, 0) is 9.53 Å². The van der Waals surface area contributed by atoms with Crippen LogP contribution in [0.3, 0.4) is 0 Å². The Morgan fingerprint density at radius 3 is 2.64 bits per heavy atom. The van der Waals surface area contributed by atoms with E-state index in [0.717, 1.165) is 11.1 Å². The number of carbonyl (C=O) groups is 1. The summed E-state index contributed by atoms with van der Waals surface area (Å²) in [7, 11) is 0. The van der Waals surface area contributed by atoms with E-state index < -0.39 is 5.97 Å². The Morgan fingerprint density at radius 2 is 2.07 bits per heavy atom. The molecule has 1 aliphatic rings. The fourth-order valence-corrected chi connectivity index (χ4v) is 1.51. The van der Waals surface area contributed by atoms with E-state index in [9.17, 15) is 9.90 Å². The molecule has 1 aliphatic heterocycles. The maximum Gasteiger partial charge on any atom is 0.342 e.